The van der Waals surface area contributed by atoms with Crippen molar-refractivity contribution in [2.45, 2.75) is 50.9 Å². The van der Waals surface area contributed by atoms with Gasteiger partial charge in [-0.1, -0.05) is 61.7 Å². The van der Waals surface area contributed by atoms with Gasteiger partial charge < -0.3 is 4.74 Å². The van der Waals surface area contributed by atoms with Gasteiger partial charge >= 0.3 is 5.97 Å². The highest BCUT2D eigenvalue weighted by Gasteiger charge is 2.42. The number of rotatable bonds is 4. The topological polar surface area (TPSA) is 55.0 Å². The SMILES string of the molecule is CCOC(=O)c1n[nH]c2c1C=CC(c1ccccc1)(C1CCCCC1)C2. The molecule has 4 nitrogen and oxygen atoms in total. The Bertz CT molecular complexity index is 803. The smallest absolute Gasteiger partial charge is 0.359 e. The number of benzene rings is 1. The van der Waals surface area contributed by atoms with Crippen LogP contribution in [0.3, 0.4) is 0 Å². The first-order valence-electron chi connectivity index (χ1n) is 9.73. The molecule has 1 aromatic carbocycles. The molecule has 2 aromatic rings. The van der Waals surface area contributed by atoms with Crippen LogP contribution in [0.1, 0.15) is 66.3 Å². The number of ether oxygens (including phenoxy) is 1. The third kappa shape index (κ3) is 2.87. The van der Waals surface area contributed by atoms with Gasteiger partial charge in [-0.25, -0.2) is 4.79 Å². The van der Waals surface area contributed by atoms with E-state index >= 15 is 0 Å². The van der Waals surface area contributed by atoms with Crippen LogP contribution in [0.15, 0.2) is 36.4 Å². The lowest BCUT2D eigenvalue weighted by atomic mass is 9.61. The Morgan fingerprint density at radius 1 is 1.23 bits per heavy atom. The van der Waals surface area contributed by atoms with Crippen LogP contribution < -0.4 is 0 Å². The molecule has 0 radical (unpaired) electrons. The molecule has 0 aliphatic heterocycles. The fourth-order valence-electron chi connectivity index (χ4n) is 4.72. The van der Waals surface area contributed by atoms with Gasteiger partial charge in [-0.2, -0.15) is 5.10 Å². The standard InChI is InChI=1S/C22H26N2O2/c1-2-26-21(25)20-18-13-14-22(15-19(18)23-24-20,16-9-5-3-6-10-16)17-11-7-4-8-12-17/h3,5-6,9-10,13-14,17H,2,4,7-8,11-12,15H2,1H3,(H,23,24). The fourth-order valence-corrected chi connectivity index (χ4v) is 4.72. The zero-order chi connectivity index (χ0) is 18.0. The lowest BCUT2D eigenvalue weighted by Crippen LogP contribution is -2.38. The summed E-state index contributed by atoms with van der Waals surface area (Å²) in [5, 5.41) is 7.40. The first kappa shape index (κ1) is 17.1. The van der Waals surface area contributed by atoms with E-state index in [2.05, 4.69) is 52.7 Å². The normalized spacial score (nSPS) is 22.8. The van der Waals surface area contributed by atoms with E-state index < -0.39 is 0 Å². The van der Waals surface area contributed by atoms with E-state index in [-0.39, 0.29) is 11.4 Å². The van der Waals surface area contributed by atoms with Crippen molar-refractivity contribution in [2.24, 2.45) is 5.92 Å². The highest BCUT2D eigenvalue weighted by atomic mass is 16.5. The fraction of sp³-hybridized carbons (Fsp3) is 0.455. The largest absolute Gasteiger partial charge is 0.461 e. The summed E-state index contributed by atoms with van der Waals surface area (Å²) in [7, 11) is 0. The zero-order valence-electron chi connectivity index (χ0n) is 15.3. The maximum Gasteiger partial charge on any atom is 0.359 e. The summed E-state index contributed by atoms with van der Waals surface area (Å²) in [6.45, 7) is 2.18. The number of nitrogens with zero attached hydrogens (tertiary/aromatic N) is 1. The van der Waals surface area contributed by atoms with Crippen molar-refractivity contribution in [3.63, 3.8) is 0 Å². The highest BCUT2D eigenvalue weighted by Crippen LogP contribution is 2.47. The van der Waals surface area contributed by atoms with E-state index in [1.807, 2.05) is 6.92 Å². The number of carbonyl (C=O) groups excluding carboxylic acids is 1. The Morgan fingerprint density at radius 2 is 2.00 bits per heavy atom. The summed E-state index contributed by atoms with van der Waals surface area (Å²) in [4.78, 5) is 12.2. The molecule has 1 fully saturated rings. The molecule has 136 valence electrons. The predicted octanol–water partition coefficient (Wildman–Crippen LogP) is 4.67. The first-order valence-corrected chi connectivity index (χ1v) is 9.73. The molecule has 1 heterocycles. The predicted molar refractivity (Wildman–Crippen MR) is 102 cm³/mol. The lowest BCUT2D eigenvalue weighted by molar-refractivity contribution is 0.0519. The van der Waals surface area contributed by atoms with Crippen molar-refractivity contribution >= 4 is 12.0 Å². The van der Waals surface area contributed by atoms with Crippen molar-refractivity contribution in [1.82, 2.24) is 10.2 Å². The number of aromatic nitrogens is 2. The van der Waals surface area contributed by atoms with Crippen LogP contribution in [0.25, 0.3) is 6.08 Å². The van der Waals surface area contributed by atoms with Crippen molar-refractivity contribution in [3.05, 3.63) is 58.9 Å². The van der Waals surface area contributed by atoms with Crippen molar-refractivity contribution in [2.75, 3.05) is 6.61 Å². The molecule has 2 aliphatic carbocycles. The van der Waals surface area contributed by atoms with Gasteiger partial charge in [-0.3, -0.25) is 5.10 Å². The number of esters is 1. The van der Waals surface area contributed by atoms with E-state index in [0.29, 0.717) is 18.2 Å². The van der Waals surface area contributed by atoms with Gasteiger partial charge in [-0.05, 0) is 31.2 Å². The number of carbonyl (C=O) groups is 1. The minimum Gasteiger partial charge on any atom is -0.461 e. The molecule has 26 heavy (non-hydrogen) atoms. The Balaban J connectivity index is 1.74. The molecular weight excluding hydrogens is 324 g/mol. The molecule has 4 heteroatoms. The van der Waals surface area contributed by atoms with Crippen LogP contribution in [-0.2, 0) is 16.6 Å². The van der Waals surface area contributed by atoms with Crippen molar-refractivity contribution in [1.29, 1.82) is 0 Å². The van der Waals surface area contributed by atoms with Gasteiger partial charge in [0.15, 0.2) is 5.69 Å². The average molecular weight is 350 g/mol. The maximum absolute atomic E-state index is 12.2. The van der Waals surface area contributed by atoms with E-state index in [1.165, 1.54) is 37.7 Å². The quantitative estimate of drug-likeness (QED) is 0.815. The highest BCUT2D eigenvalue weighted by molar-refractivity contribution is 5.92. The molecule has 0 bridgehead atoms. The van der Waals surface area contributed by atoms with Gasteiger partial charge in [0.2, 0.25) is 0 Å². The zero-order valence-corrected chi connectivity index (χ0v) is 15.3. The minimum atomic E-state index is -0.348. The Labute approximate surface area is 154 Å². The molecular formula is C22H26N2O2. The number of hydrogen-bond donors (Lipinski definition) is 1. The monoisotopic (exact) mass is 350 g/mol. The molecule has 1 unspecified atom stereocenters. The average Bonchev–Trinajstić information content (AvgIpc) is 3.12. The summed E-state index contributed by atoms with van der Waals surface area (Å²) in [5.41, 5.74) is 3.69. The van der Waals surface area contributed by atoms with E-state index in [9.17, 15) is 4.79 Å². The summed E-state index contributed by atoms with van der Waals surface area (Å²) < 4.78 is 5.15. The minimum absolute atomic E-state index is 0.0207. The molecule has 0 spiro atoms. The molecule has 2 aliphatic rings. The second kappa shape index (κ2) is 7.10. The van der Waals surface area contributed by atoms with Crippen LogP contribution in [-0.4, -0.2) is 22.8 Å². The molecule has 1 N–H and O–H groups in total. The number of H-pyrrole nitrogens is 1. The van der Waals surface area contributed by atoms with Gasteiger partial charge in [0.25, 0.3) is 0 Å². The second-order valence-corrected chi connectivity index (χ2v) is 7.44. The van der Waals surface area contributed by atoms with Crippen LogP contribution in [0, 0.1) is 5.92 Å². The molecule has 1 atom stereocenters. The summed E-state index contributed by atoms with van der Waals surface area (Å²) in [6.07, 6.45) is 11.7. The number of aromatic amines is 1. The second-order valence-electron chi connectivity index (χ2n) is 7.44. The molecule has 1 saturated carbocycles. The van der Waals surface area contributed by atoms with Crippen molar-refractivity contribution in [3.8, 4) is 0 Å². The van der Waals surface area contributed by atoms with Crippen LogP contribution in [0.5, 0.6) is 0 Å². The Hall–Kier alpha value is -2.36. The van der Waals surface area contributed by atoms with Gasteiger partial charge in [0, 0.05) is 23.1 Å². The van der Waals surface area contributed by atoms with Crippen molar-refractivity contribution < 1.29 is 9.53 Å². The lowest BCUT2D eigenvalue weighted by Gasteiger charge is -2.43. The first-order chi connectivity index (χ1) is 12.7. The number of fused-ring (bicyclic) bond motifs is 1. The van der Waals surface area contributed by atoms with E-state index in [1.54, 1.807) is 0 Å². The summed E-state index contributed by atoms with van der Waals surface area (Å²) in [5.74, 6) is 0.275. The van der Waals surface area contributed by atoms with Gasteiger partial charge in [0.1, 0.15) is 0 Å². The van der Waals surface area contributed by atoms with Crippen LogP contribution in [0.2, 0.25) is 0 Å². The number of allylic oxidation sites excluding steroid dienone is 1. The Morgan fingerprint density at radius 3 is 2.73 bits per heavy atom. The molecule has 1 aromatic heterocycles. The third-order valence-corrected chi connectivity index (χ3v) is 6.01. The summed E-state index contributed by atoms with van der Waals surface area (Å²) >= 11 is 0. The molecule has 4 rings (SSSR count). The number of hydrogen-bond acceptors (Lipinski definition) is 3. The van der Waals surface area contributed by atoms with E-state index in [0.717, 1.165) is 17.7 Å². The van der Waals surface area contributed by atoms with Crippen LogP contribution in [0.4, 0.5) is 0 Å². The third-order valence-electron chi connectivity index (χ3n) is 6.01. The number of nitrogens with one attached hydrogen (secondary N) is 1. The van der Waals surface area contributed by atoms with Crippen LogP contribution >= 0.6 is 0 Å². The summed E-state index contributed by atoms with van der Waals surface area (Å²) in [6, 6.07) is 10.8. The van der Waals surface area contributed by atoms with Gasteiger partial charge in [-0.15, -0.1) is 0 Å². The maximum atomic E-state index is 12.2. The molecule has 0 amide bonds. The Kier molecular flexibility index (Phi) is 4.66. The van der Waals surface area contributed by atoms with E-state index in [4.69, 9.17) is 4.74 Å². The van der Waals surface area contributed by atoms with Gasteiger partial charge in [0.05, 0.1) is 6.61 Å². The molecule has 0 saturated heterocycles.